The number of para-hydroxylation sites is 1. The molecule has 1 aromatic heterocycles. The van der Waals surface area contributed by atoms with Gasteiger partial charge in [-0.25, -0.2) is 4.98 Å². The smallest absolute Gasteiger partial charge is 0.212 e. The minimum atomic E-state index is -0.149. The zero-order chi connectivity index (χ0) is 11.0. The standard InChI is InChI=1S/C11H13BrN2O/c1-6(2)9(13)11-14-8-5-3-4-7(12)10(8)15-11/h3-6,9H,13H2,1-2H3/t9-/m0/s1. The number of rotatable bonds is 2. The Kier molecular flexibility index (Phi) is 2.80. The number of benzene rings is 1. The molecule has 0 aliphatic heterocycles. The predicted octanol–water partition coefficient (Wildman–Crippen LogP) is 3.25. The lowest BCUT2D eigenvalue weighted by molar-refractivity contribution is 0.402. The van der Waals surface area contributed by atoms with Gasteiger partial charge in [0.25, 0.3) is 0 Å². The van der Waals surface area contributed by atoms with Gasteiger partial charge in [-0.15, -0.1) is 0 Å². The third kappa shape index (κ3) is 1.92. The molecule has 0 aliphatic carbocycles. The maximum Gasteiger partial charge on any atom is 0.212 e. The van der Waals surface area contributed by atoms with Crippen molar-refractivity contribution >= 4 is 27.0 Å². The molecule has 0 saturated heterocycles. The molecule has 1 heterocycles. The Morgan fingerprint density at radius 1 is 1.40 bits per heavy atom. The molecule has 0 radical (unpaired) electrons. The van der Waals surface area contributed by atoms with Crippen molar-refractivity contribution in [3.05, 3.63) is 28.6 Å². The highest BCUT2D eigenvalue weighted by Gasteiger charge is 2.17. The average Bonchev–Trinajstić information content (AvgIpc) is 2.61. The van der Waals surface area contributed by atoms with Crippen LogP contribution in [0.4, 0.5) is 0 Å². The van der Waals surface area contributed by atoms with Crippen LogP contribution in [0, 0.1) is 5.92 Å². The molecule has 0 fully saturated rings. The molecule has 1 aromatic carbocycles. The molecule has 0 amide bonds. The van der Waals surface area contributed by atoms with Crippen molar-refractivity contribution in [1.82, 2.24) is 4.98 Å². The van der Waals surface area contributed by atoms with Crippen LogP contribution in [0.5, 0.6) is 0 Å². The first kappa shape index (κ1) is 10.6. The van der Waals surface area contributed by atoms with Gasteiger partial charge < -0.3 is 10.2 Å². The summed E-state index contributed by atoms with van der Waals surface area (Å²) in [5.74, 6) is 0.920. The van der Waals surface area contributed by atoms with E-state index in [1.54, 1.807) is 0 Å². The van der Waals surface area contributed by atoms with Crippen molar-refractivity contribution in [2.75, 3.05) is 0 Å². The van der Waals surface area contributed by atoms with E-state index in [9.17, 15) is 0 Å². The summed E-state index contributed by atoms with van der Waals surface area (Å²) in [6, 6.07) is 5.63. The number of oxazole rings is 1. The molecule has 3 nitrogen and oxygen atoms in total. The SMILES string of the molecule is CC(C)[C@H](N)c1nc2cccc(Br)c2o1. The molecule has 2 rings (SSSR count). The second-order valence-corrected chi connectivity index (χ2v) is 4.76. The van der Waals surface area contributed by atoms with Crippen LogP contribution in [0.25, 0.3) is 11.1 Å². The van der Waals surface area contributed by atoms with Gasteiger partial charge in [0.05, 0.1) is 10.5 Å². The van der Waals surface area contributed by atoms with Gasteiger partial charge in [-0.05, 0) is 34.0 Å². The van der Waals surface area contributed by atoms with Gasteiger partial charge in [0.2, 0.25) is 5.89 Å². The van der Waals surface area contributed by atoms with Crippen molar-refractivity contribution in [2.24, 2.45) is 11.7 Å². The molecular formula is C11H13BrN2O. The Labute approximate surface area is 96.8 Å². The van der Waals surface area contributed by atoms with E-state index in [4.69, 9.17) is 10.2 Å². The Hall–Kier alpha value is -0.870. The van der Waals surface area contributed by atoms with Crippen molar-refractivity contribution in [1.29, 1.82) is 0 Å². The van der Waals surface area contributed by atoms with Crippen molar-refractivity contribution in [3.63, 3.8) is 0 Å². The fraction of sp³-hybridized carbons (Fsp3) is 0.364. The largest absolute Gasteiger partial charge is 0.438 e. The number of aromatic nitrogens is 1. The maximum atomic E-state index is 5.98. The van der Waals surface area contributed by atoms with Crippen LogP contribution in [0.2, 0.25) is 0 Å². The van der Waals surface area contributed by atoms with E-state index in [0.717, 1.165) is 15.6 Å². The summed E-state index contributed by atoms with van der Waals surface area (Å²) in [4.78, 5) is 4.37. The zero-order valence-corrected chi connectivity index (χ0v) is 10.3. The average molecular weight is 269 g/mol. The number of hydrogen-bond donors (Lipinski definition) is 1. The summed E-state index contributed by atoms with van der Waals surface area (Å²) < 4.78 is 6.55. The summed E-state index contributed by atoms with van der Waals surface area (Å²) in [6.45, 7) is 4.10. The molecule has 2 aromatic rings. The molecule has 0 aliphatic rings. The molecule has 0 bridgehead atoms. The number of hydrogen-bond acceptors (Lipinski definition) is 3. The summed E-state index contributed by atoms with van der Waals surface area (Å²) in [7, 11) is 0. The Morgan fingerprint density at radius 3 is 2.73 bits per heavy atom. The molecule has 15 heavy (non-hydrogen) atoms. The van der Waals surface area contributed by atoms with E-state index in [1.807, 2.05) is 18.2 Å². The quantitative estimate of drug-likeness (QED) is 0.910. The second-order valence-electron chi connectivity index (χ2n) is 3.91. The number of nitrogens with two attached hydrogens (primary N) is 1. The van der Waals surface area contributed by atoms with E-state index in [0.29, 0.717) is 11.8 Å². The number of nitrogens with zero attached hydrogens (tertiary/aromatic N) is 1. The van der Waals surface area contributed by atoms with Crippen molar-refractivity contribution in [2.45, 2.75) is 19.9 Å². The van der Waals surface area contributed by atoms with Crippen LogP contribution in [0.15, 0.2) is 27.1 Å². The first-order chi connectivity index (χ1) is 7.09. The summed E-state index contributed by atoms with van der Waals surface area (Å²) in [6.07, 6.45) is 0. The molecular weight excluding hydrogens is 256 g/mol. The zero-order valence-electron chi connectivity index (χ0n) is 8.70. The summed E-state index contributed by atoms with van der Waals surface area (Å²) >= 11 is 3.42. The molecule has 4 heteroatoms. The van der Waals surface area contributed by atoms with Crippen LogP contribution >= 0.6 is 15.9 Å². The Morgan fingerprint density at radius 2 is 2.13 bits per heavy atom. The summed E-state index contributed by atoms with van der Waals surface area (Å²) in [5.41, 5.74) is 7.59. The molecule has 80 valence electrons. The number of halogens is 1. The van der Waals surface area contributed by atoms with E-state index in [-0.39, 0.29) is 6.04 Å². The van der Waals surface area contributed by atoms with Crippen molar-refractivity contribution in [3.8, 4) is 0 Å². The van der Waals surface area contributed by atoms with E-state index in [1.165, 1.54) is 0 Å². The molecule has 0 spiro atoms. The van der Waals surface area contributed by atoms with Gasteiger partial charge in [-0.1, -0.05) is 19.9 Å². The monoisotopic (exact) mass is 268 g/mol. The lowest BCUT2D eigenvalue weighted by Gasteiger charge is -2.10. The van der Waals surface area contributed by atoms with Gasteiger partial charge in [0, 0.05) is 0 Å². The normalized spacial score (nSPS) is 13.7. The van der Waals surface area contributed by atoms with E-state index >= 15 is 0 Å². The highest BCUT2D eigenvalue weighted by atomic mass is 79.9. The van der Waals surface area contributed by atoms with Crippen LogP contribution in [0.3, 0.4) is 0 Å². The lowest BCUT2D eigenvalue weighted by atomic mass is 10.1. The molecule has 0 saturated carbocycles. The Balaban J connectivity index is 2.52. The molecule has 0 unspecified atom stereocenters. The summed E-state index contributed by atoms with van der Waals surface area (Å²) in [5, 5.41) is 0. The lowest BCUT2D eigenvalue weighted by Crippen LogP contribution is -2.16. The van der Waals surface area contributed by atoms with Crippen LogP contribution in [-0.2, 0) is 0 Å². The van der Waals surface area contributed by atoms with Gasteiger partial charge in [0.1, 0.15) is 5.52 Å². The highest BCUT2D eigenvalue weighted by Crippen LogP contribution is 2.28. The van der Waals surface area contributed by atoms with Gasteiger partial charge in [-0.3, -0.25) is 0 Å². The van der Waals surface area contributed by atoms with Gasteiger partial charge in [0.15, 0.2) is 5.58 Å². The minimum Gasteiger partial charge on any atom is -0.438 e. The minimum absolute atomic E-state index is 0.149. The Bertz CT molecular complexity index is 478. The van der Waals surface area contributed by atoms with Crippen molar-refractivity contribution < 1.29 is 4.42 Å². The third-order valence-electron chi connectivity index (χ3n) is 2.39. The predicted molar refractivity (Wildman–Crippen MR) is 63.5 cm³/mol. The molecule has 1 atom stereocenters. The first-order valence-corrected chi connectivity index (χ1v) is 5.69. The maximum absolute atomic E-state index is 5.98. The number of fused-ring (bicyclic) bond motifs is 1. The second kappa shape index (κ2) is 3.94. The molecule has 2 N–H and O–H groups in total. The van der Waals surface area contributed by atoms with E-state index in [2.05, 4.69) is 34.8 Å². The van der Waals surface area contributed by atoms with E-state index < -0.39 is 0 Å². The topological polar surface area (TPSA) is 52.0 Å². The van der Waals surface area contributed by atoms with Gasteiger partial charge >= 0.3 is 0 Å². The first-order valence-electron chi connectivity index (χ1n) is 4.90. The van der Waals surface area contributed by atoms with Gasteiger partial charge in [-0.2, -0.15) is 0 Å². The van der Waals surface area contributed by atoms with Crippen LogP contribution < -0.4 is 5.73 Å². The van der Waals surface area contributed by atoms with Crippen LogP contribution in [-0.4, -0.2) is 4.98 Å². The van der Waals surface area contributed by atoms with Crippen LogP contribution in [0.1, 0.15) is 25.8 Å². The fourth-order valence-corrected chi connectivity index (χ4v) is 1.80. The fourth-order valence-electron chi connectivity index (χ4n) is 1.36. The highest BCUT2D eigenvalue weighted by molar-refractivity contribution is 9.10. The third-order valence-corrected chi connectivity index (χ3v) is 3.01.